The Hall–Kier alpha value is -3.18. The summed E-state index contributed by atoms with van der Waals surface area (Å²) in [5, 5.41) is 1.60. The fourth-order valence-electron chi connectivity index (χ4n) is 4.69. The predicted octanol–water partition coefficient (Wildman–Crippen LogP) is 4.68. The monoisotopic (exact) mass is 445 g/mol. The van der Waals surface area contributed by atoms with Crippen LogP contribution in [-0.2, 0) is 11.2 Å². The van der Waals surface area contributed by atoms with Gasteiger partial charge in [0, 0.05) is 43.5 Å². The highest BCUT2D eigenvalue weighted by molar-refractivity contribution is 6.32. The minimum Gasteiger partial charge on any atom is -0.339 e. The Bertz CT molecular complexity index is 1260. The second-order valence-electron chi connectivity index (χ2n) is 8.32. The summed E-state index contributed by atoms with van der Waals surface area (Å²) in [6.45, 7) is 3.82. The molecule has 0 unspecified atom stereocenters. The maximum absolute atomic E-state index is 13.7. The molecule has 162 valence electrons. The van der Waals surface area contributed by atoms with Gasteiger partial charge in [0.25, 0.3) is 5.91 Å². The lowest BCUT2D eigenvalue weighted by molar-refractivity contribution is -0.130. The van der Waals surface area contributed by atoms with Gasteiger partial charge in [-0.2, -0.15) is 0 Å². The van der Waals surface area contributed by atoms with E-state index < -0.39 is 0 Å². The summed E-state index contributed by atoms with van der Waals surface area (Å²) < 4.78 is 0. The van der Waals surface area contributed by atoms with E-state index in [-0.39, 0.29) is 11.8 Å². The van der Waals surface area contributed by atoms with Gasteiger partial charge in [0.15, 0.2) is 0 Å². The SMILES string of the molecule is CC(=O)N1CCN(C(=O)c2c3c(nc4ccccc24)/C(=C\c2ccccc2Cl)CC3)CC1. The molecule has 1 aromatic heterocycles. The highest BCUT2D eigenvalue weighted by Crippen LogP contribution is 2.38. The van der Waals surface area contributed by atoms with Crippen LogP contribution in [0.1, 0.15) is 40.5 Å². The first-order valence-corrected chi connectivity index (χ1v) is 11.3. The van der Waals surface area contributed by atoms with Crippen molar-refractivity contribution in [2.45, 2.75) is 19.8 Å². The lowest BCUT2D eigenvalue weighted by Gasteiger charge is -2.34. The number of amides is 2. The van der Waals surface area contributed by atoms with E-state index in [4.69, 9.17) is 16.6 Å². The summed E-state index contributed by atoms with van der Waals surface area (Å²) in [4.78, 5) is 34.0. The first-order chi connectivity index (χ1) is 15.5. The van der Waals surface area contributed by atoms with E-state index in [9.17, 15) is 9.59 Å². The van der Waals surface area contributed by atoms with E-state index >= 15 is 0 Å². The van der Waals surface area contributed by atoms with Crippen LogP contribution in [0, 0.1) is 0 Å². The highest BCUT2D eigenvalue weighted by atomic mass is 35.5. The van der Waals surface area contributed by atoms with Crippen molar-refractivity contribution >= 4 is 46.0 Å². The Balaban J connectivity index is 1.58. The van der Waals surface area contributed by atoms with Gasteiger partial charge in [0.1, 0.15) is 0 Å². The molecule has 0 bridgehead atoms. The van der Waals surface area contributed by atoms with Gasteiger partial charge >= 0.3 is 0 Å². The lowest BCUT2D eigenvalue weighted by atomic mass is 9.99. The molecule has 1 aliphatic heterocycles. The molecule has 5 rings (SSSR count). The molecule has 2 heterocycles. The number of rotatable bonds is 2. The van der Waals surface area contributed by atoms with Crippen LogP contribution in [0.15, 0.2) is 48.5 Å². The summed E-state index contributed by atoms with van der Waals surface area (Å²) >= 11 is 6.39. The number of hydrogen-bond acceptors (Lipinski definition) is 3. The molecule has 0 atom stereocenters. The quantitative estimate of drug-likeness (QED) is 0.575. The van der Waals surface area contributed by atoms with Crippen LogP contribution in [0.2, 0.25) is 5.02 Å². The fraction of sp³-hybridized carbons (Fsp3) is 0.269. The number of benzene rings is 2. The molecule has 6 heteroatoms. The minimum atomic E-state index is 0.0297. The van der Waals surface area contributed by atoms with Crippen LogP contribution in [-0.4, -0.2) is 52.8 Å². The molecule has 0 N–H and O–H groups in total. The third-order valence-electron chi connectivity index (χ3n) is 6.40. The maximum atomic E-state index is 13.7. The Kier molecular flexibility index (Phi) is 5.43. The van der Waals surface area contributed by atoms with Crippen LogP contribution in [0.4, 0.5) is 0 Å². The molecule has 32 heavy (non-hydrogen) atoms. The number of carbonyl (C=O) groups excluding carboxylic acids is 2. The standard InChI is InChI=1S/C26H24ClN3O2/c1-17(31)29-12-14-30(15-13-29)26(32)24-20-7-3-5-9-23(20)28-25-19(10-11-21(24)25)16-18-6-2-4-8-22(18)27/h2-9,16H,10-15H2,1H3/b19-16-. The van der Waals surface area contributed by atoms with Crippen LogP contribution in [0.25, 0.3) is 22.6 Å². The predicted molar refractivity (Wildman–Crippen MR) is 128 cm³/mol. The molecule has 0 spiro atoms. The molecular weight excluding hydrogens is 422 g/mol. The fourth-order valence-corrected chi connectivity index (χ4v) is 4.88. The normalized spacial score (nSPS) is 17.1. The number of allylic oxidation sites excluding steroid dienone is 1. The van der Waals surface area contributed by atoms with Crippen molar-refractivity contribution < 1.29 is 9.59 Å². The van der Waals surface area contributed by atoms with E-state index in [1.165, 1.54) is 0 Å². The van der Waals surface area contributed by atoms with Gasteiger partial charge in [0.05, 0.1) is 16.8 Å². The van der Waals surface area contributed by atoms with E-state index in [1.807, 2.05) is 53.4 Å². The lowest BCUT2D eigenvalue weighted by Crippen LogP contribution is -2.50. The van der Waals surface area contributed by atoms with Crippen molar-refractivity contribution in [1.29, 1.82) is 0 Å². The second-order valence-corrected chi connectivity index (χ2v) is 8.73. The molecular formula is C26H24ClN3O2. The molecule has 5 nitrogen and oxygen atoms in total. The Labute approximate surface area is 192 Å². The zero-order chi connectivity index (χ0) is 22.2. The molecule has 1 saturated heterocycles. The number of nitrogens with zero attached hydrogens (tertiary/aromatic N) is 3. The third-order valence-corrected chi connectivity index (χ3v) is 6.75. The van der Waals surface area contributed by atoms with Crippen LogP contribution >= 0.6 is 11.6 Å². The van der Waals surface area contributed by atoms with Crippen molar-refractivity contribution in [3.8, 4) is 0 Å². The van der Waals surface area contributed by atoms with Crippen LogP contribution in [0.3, 0.4) is 0 Å². The van der Waals surface area contributed by atoms with Crippen molar-refractivity contribution in [3.63, 3.8) is 0 Å². The zero-order valence-corrected chi connectivity index (χ0v) is 18.7. The molecule has 3 aromatic rings. The average Bonchev–Trinajstić information content (AvgIpc) is 3.20. The van der Waals surface area contributed by atoms with E-state index in [0.29, 0.717) is 31.2 Å². The smallest absolute Gasteiger partial charge is 0.255 e. The summed E-state index contributed by atoms with van der Waals surface area (Å²) in [5.41, 5.74) is 5.55. The van der Waals surface area contributed by atoms with Crippen molar-refractivity contribution in [2.24, 2.45) is 0 Å². The van der Waals surface area contributed by atoms with E-state index in [0.717, 1.165) is 51.7 Å². The highest BCUT2D eigenvalue weighted by Gasteiger charge is 2.31. The van der Waals surface area contributed by atoms with Gasteiger partial charge in [-0.1, -0.05) is 48.0 Å². The maximum Gasteiger partial charge on any atom is 0.255 e. The third kappa shape index (κ3) is 3.67. The number of piperazine rings is 1. The van der Waals surface area contributed by atoms with Crippen molar-refractivity contribution in [2.75, 3.05) is 26.2 Å². The van der Waals surface area contributed by atoms with Crippen molar-refractivity contribution in [3.05, 3.63) is 75.9 Å². The second kappa shape index (κ2) is 8.40. The molecule has 2 aromatic carbocycles. The average molecular weight is 446 g/mol. The molecule has 2 aliphatic rings. The van der Waals surface area contributed by atoms with Gasteiger partial charge in [-0.15, -0.1) is 0 Å². The molecule has 1 fully saturated rings. The van der Waals surface area contributed by atoms with Crippen LogP contribution in [0.5, 0.6) is 0 Å². The van der Waals surface area contributed by atoms with Crippen molar-refractivity contribution in [1.82, 2.24) is 14.8 Å². The first kappa shape index (κ1) is 20.7. The van der Waals surface area contributed by atoms with E-state index in [2.05, 4.69) is 6.08 Å². The van der Waals surface area contributed by atoms with Gasteiger partial charge < -0.3 is 9.80 Å². The summed E-state index contributed by atoms with van der Waals surface area (Å²) in [5.74, 6) is 0.0868. The first-order valence-electron chi connectivity index (χ1n) is 10.9. The summed E-state index contributed by atoms with van der Waals surface area (Å²) in [6, 6.07) is 15.6. The Morgan fingerprint density at radius 2 is 1.62 bits per heavy atom. The molecule has 0 radical (unpaired) electrons. The van der Waals surface area contributed by atoms with Gasteiger partial charge in [-0.3, -0.25) is 9.59 Å². The summed E-state index contributed by atoms with van der Waals surface area (Å²) in [7, 11) is 0. The minimum absolute atomic E-state index is 0.0297. The number of pyridine rings is 1. The topological polar surface area (TPSA) is 53.5 Å². The number of aromatic nitrogens is 1. The largest absolute Gasteiger partial charge is 0.339 e. The van der Waals surface area contributed by atoms with Gasteiger partial charge in [-0.25, -0.2) is 4.98 Å². The number of para-hydroxylation sites is 1. The number of carbonyl (C=O) groups is 2. The van der Waals surface area contributed by atoms with Crippen LogP contribution < -0.4 is 0 Å². The number of halogens is 1. The molecule has 0 saturated carbocycles. The summed E-state index contributed by atoms with van der Waals surface area (Å²) in [6.07, 6.45) is 3.69. The Morgan fingerprint density at radius 3 is 2.38 bits per heavy atom. The molecule has 1 aliphatic carbocycles. The van der Waals surface area contributed by atoms with E-state index in [1.54, 1.807) is 11.8 Å². The zero-order valence-electron chi connectivity index (χ0n) is 18.0. The number of fused-ring (bicyclic) bond motifs is 2. The van der Waals surface area contributed by atoms with Gasteiger partial charge in [-0.05, 0) is 47.8 Å². The number of hydrogen-bond donors (Lipinski definition) is 0. The van der Waals surface area contributed by atoms with Gasteiger partial charge in [0.2, 0.25) is 5.91 Å². The Morgan fingerprint density at radius 1 is 0.938 bits per heavy atom. The molecule has 2 amide bonds.